The van der Waals surface area contributed by atoms with Crippen LogP contribution in [-0.4, -0.2) is 17.6 Å². The standard InChI is InChI=1S/C16H20FN3O2/c1-10-5-6-12(11(17)7-10)18-9-14(21)19-15-8-13(20-22-15)16(2,3)4/h5-8,18H,9H2,1-4H3,(H,19,21). The van der Waals surface area contributed by atoms with Gasteiger partial charge in [0.15, 0.2) is 0 Å². The third kappa shape index (κ3) is 4.07. The normalized spacial score (nSPS) is 11.3. The number of rotatable bonds is 4. The fourth-order valence-corrected chi connectivity index (χ4v) is 1.81. The molecule has 118 valence electrons. The maximum absolute atomic E-state index is 13.6. The summed E-state index contributed by atoms with van der Waals surface area (Å²) in [6.07, 6.45) is 0. The van der Waals surface area contributed by atoms with E-state index >= 15 is 0 Å². The molecule has 0 radical (unpaired) electrons. The van der Waals surface area contributed by atoms with Gasteiger partial charge in [0.25, 0.3) is 0 Å². The lowest BCUT2D eigenvalue weighted by atomic mass is 9.92. The van der Waals surface area contributed by atoms with Crippen LogP contribution in [0.1, 0.15) is 32.0 Å². The van der Waals surface area contributed by atoms with E-state index in [4.69, 9.17) is 4.52 Å². The summed E-state index contributed by atoms with van der Waals surface area (Å²) in [4.78, 5) is 11.8. The summed E-state index contributed by atoms with van der Waals surface area (Å²) in [5, 5.41) is 9.24. The highest BCUT2D eigenvalue weighted by atomic mass is 19.1. The van der Waals surface area contributed by atoms with Crippen LogP contribution in [-0.2, 0) is 10.2 Å². The smallest absolute Gasteiger partial charge is 0.246 e. The number of benzene rings is 1. The Kier molecular flexibility index (Phi) is 4.49. The van der Waals surface area contributed by atoms with Gasteiger partial charge >= 0.3 is 0 Å². The highest BCUT2D eigenvalue weighted by Crippen LogP contribution is 2.23. The second-order valence-corrected chi connectivity index (χ2v) is 6.21. The molecule has 1 aromatic heterocycles. The first-order valence-electron chi connectivity index (χ1n) is 7.03. The molecular weight excluding hydrogens is 285 g/mol. The maximum Gasteiger partial charge on any atom is 0.246 e. The molecule has 22 heavy (non-hydrogen) atoms. The molecule has 1 heterocycles. The van der Waals surface area contributed by atoms with Crippen molar-refractivity contribution in [1.82, 2.24) is 5.16 Å². The lowest BCUT2D eigenvalue weighted by Gasteiger charge is -2.12. The van der Waals surface area contributed by atoms with Crippen molar-refractivity contribution in [2.45, 2.75) is 33.1 Å². The molecule has 2 rings (SSSR count). The number of aryl methyl sites for hydroxylation is 1. The van der Waals surface area contributed by atoms with Crippen molar-refractivity contribution in [1.29, 1.82) is 0 Å². The van der Waals surface area contributed by atoms with Crippen LogP contribution in [0.4, 0.5) is 16.0 Å². The van der Waals surface area contributed by atoms with Crippen molar-refractivity contribution < 1.29 is 13.7 Å². The van der Waals surface area contributed by atoms with Crippen molar-refractivity contribution in [3.05, 3.63) is 41.3 Å². The van der Waals surface area contributed by atoms with Crippen molar-refractivity contribution in [2.75, 3.05) is 17.2 Å². The van der Waals surface area contributed by atoms with Gasteiger partial charge in [-0.05, 0) is 24.6 Å². The van der Waals surface area contributed by atoms with E-state index in [-0.39, 0.29) is 35.3 Å². The Hall–Kier alpha value is -2.37. The Morgan fingerprint density at radius 2 is 2.05 bits per heavy atom. The molecule has 0 atom stereocenters. The summed E-state index contributed by atoms with van der Waals surface area (Å²) in [5.41, 5.74) is 1.70. The van der Waals surface area contributed by atoms with E-state index in [0.29, 0.717) is 0 Å². The summed E-state index contributed by atoms with van der Waals surface area (Å²) in [6.45, 7) is 7.73. The number of nitrogens with one attached hydrogen (secondary N) is 2. The minimum Gasteiger partial charge on any atom is -0.374 e. The number of aromatic nitrogens is 1. The molecule has 6 heteroatoms. The number of carbonyl (C=O) groups excluding carboxylic acids is 1. The molecule has 0 unspecified atom stereocenters. The molecule has 0 aliphatic rings. The van der Waals surface area contributed by atoms with Gasteiger partial charge in [-0.15, -0.1) is 0 Å². The number of hydrogen-bond acceptors (Lipinski definition) is 4. The van der Waals surface area contributed by atoms with E-state index in [1.807, 2.05) is 20.8 Å². The molecule has 2 N–H and O–H groups in total. The lowest BCUT2D eigenvalue weighted by molar-refractivity contribution is -0.114. The van der Waals surface area contributed by atoms with Crippen molar-refractivity contribution in [3.8, 4) is 0 Å². The Morgan fingerprint density at radius 1 is 1.32 bits per heavy atom. The lowest BCUT2D eigenvalue weighted by Crippen LogP contribution is -2.22. The van der Waals surface area contributed by atoms with Crippen molar-refractivity contribution in [3.63, 3.8) is 0 Å². The number of hydrogen-bond donors (Lipinski definition) is 2. The van der Waals surface area contributed by atoms with E-state index in [0.717, 1.165) is 11.3 Å². The topological polar surface area (TPSA) is 67.2 Å². The number of amides is 1. The van der Waals surface area contributed by atoms with Gasteiger partial charge in [0.05, 0.1) is 17.9 Å². The Morgan fingerprint density at radius 3 is 2.64 bits per heavy atom. The summed E-state index contributed by atoms with van der Waals surface area (Å²) in [6, 6.07) is 6.47. The first-order valence-corrected chi connectivity index (χ1v) is 7.03. The molecule has 0 aliphatic heterocycles. The monoisotopic (exact) mass is 305 g/mol. The van der Waals surface area contributed by atoms with E-state index in [2.05, 4.69) is 15.8 Å². The minimum atomic E-state index is -0.387. The van der Waals surface area contributed by atoms with Gasteiger partial charge in [0.2, 0.25) is 11.8 Å². The molecule has 0 spiro atoms. The zero-order valence-electron chi connectivity index (χ0n) is 13.2. The van der Waals surface area contributed by atoms with E-state index in [9.17, 15) is 9.18 Å². The summed E-state index contributed by atoms with van der Waals surface area (Å²) in [7, 11) is 0. The van der Waals surface area contributed by atoms with Gasteiger partial charge < -0.3 is 9.84 Å². The molecule has 0 saturated carbocycles. The van der Waals surface area contributed by atoms with Crippen LogP contribution in [0.3, 0.4) is 0 Å². The molecule has 1 aromatic carbocycles. The zero-order valence-corrected chi connectivity index (χ0v) is 13.2. The molecule has 5 nitrogen and oxygen atoms in total. The number of nitrogens with zero attached hydrogens (tertiary/aromatic N) is 1. The molecule has 2 aromatic rings. The van der Waals surface area contributed by atoms with Crippen LogP contribution in [0.2, 0.25) is 0 Å². The second-order valence-electron chi connectivity index (χ2n) is 6.21. The Balaban J connectivity index is 1.92. The first-order chi connectivity index (χ1) is 10.3. The molecule has 1 amide bonds. The van der Waals surface area contributed by atoms with E-state index < -0.39 is 0 Å². The highest BCUT2D eigenvalue weighted by molar-refractivity contribution is 5.92. The Labute approximate surface area is 128 Å². The quantitative estimate of drug-likeness (QED) is 0.907. The van der Waals surface area contributed by atoms with Gasteiger partial charge in [-0.3, -0.25) is 10.1 Å². The predicted octanol–water partition coefficient (Wildman–Crippen LogP) is 3.47. The van der Waals surface area contributed by atoms with Crippen LogP contribution >= 0.6 is 0 Å². The molecule has 0 bridgehead atoms. The number of halogens is 1. The van der Waals surface area contributed by atoms with Crippen LogP contribution in [0.25, 0.3) is 0 Å². The third-order valence-electron chi connectivity index (χ3n) is 3.11. The van der Waals surface area contributed by atoms with E-state index in [1.54, 1.807) is 25.1 Å². The van der Waals surface area contributed by atoms with Gasteiger partial charge in [-0.25, -0.2) is 4.39 Å². The first kappa shape index (κ1) is 16.0. The fourth-order valence-electron chi connectivity index (χ4n) is 1.81. The molecular formula is C16H20FN3O2. The van der Waals surface area contributed by atoms with Crippen LogP contribution < -0.4 is 10.6 Å². The number of carbonyl (C=O) groups is 1. The van der Waals surface area contributed by atoms with E-state index in [1.165, 1.54) is 6.07 Å². The van der Waals surface area contributed by atoms with Gasteiger partial charge in [-0.1, -0.05) is 32.0 Å². The molecule has 0 saturated heterocycles. The molecule has 0 aliphatic carbocycles. The largest absolute Gasteiger partial charge is 0.374 e. The summed E-state index contributed by atoms with van der Waals surface area (Å²) >= 11 is 0. The Bertz CT molecular complexity index is 674. The third-order valence-corrected chi connectivity index (χ3v) is 3.11. The summed E-state index contributed by atoms with van der Waals surface area (Å²) in [5.74, 6) is -0.444. The minimum absolute atomic E-state index is 0.0640. The summed E-state index contributed by atoms with van der Waals surface area (Å²) < 4.78 is 18.7. The second kappa shape index (κ2) is 6.17. The van der Waals surface area contributed by atoms with Crippen LogP contribution in [0, 0.1) is 12.7 Å². The average molecular weight is 305 g/mol. The molecule has 0 fully saturated rings. The predicted molar refractivity (Wildman–Crippen MR) is 83.5 cm³/mol. The van der Waals surface area contributed by atoms with Gasteiger partial charge in [0, 0.05) is 11.5 Å². The average Bonchev–Trinajstić information content (AvgIpc) is 2.86. The van der Waals surface area contributed by atoms with Crippen molar-refractivity contribution in [2.24, 2.45) is 0 Å². The zero-order chi connectivity index (χ0) is 16.3. The van der Waals surface area contributed by atoms with Crippen LogP contribution in [0.15, 0.2) is 28.8 Å². The van der Waals surface area contributed by atoms with Crippen LogP contribution in [0.5, 0.6) is 0 Å². The van der Waals surface area contributed by atoms with Crippen molar-refractivity contribution >= 4 is 17.5 Å². The van der Waals surface area contributed by atoms with Gasteiger partial charge in [0.1, 0.15) is 5.82 Å². The SMILES string of the molecule is Cc1ccc(NCC(=O)Nc2cc(C(C)(C)C)no2)c(F)c1. The maximum atomic E-state index is 13.6. The number of anilines is 2. The van der Waals surface area contributed by atoms with Gasteiger partial charge in [-0.2, -0.15) is 0 Å². The fraction of sp³-hybridized carbons (Fsp3) is 0.375. The highest BCUT2D eigenvalue weighted by Gasteiger charge is 2.19.